The van der Waals surface area contributed by atoms with Crippen LogP contribution in [0, 0.1) is 5.92 Å². The van der Waals surface area contributed by atoms with Gasteiger partial charge in [-0.05, 0) is 26.2 Å². The molecule has 1 aliphatic heterocycles. The summed E-state index contributed by atoms with van der Waals surface area (Å²) in [6.45, 7) is 4.92. The molecule has 0 saturated carbocycles. The van der Waals surface area contributed by atoms with Gasteiger partial charge in [-0.2, -0.15) is 5.21 Å². The van der Waals surface area contributed by atoms with Crippen LogP contribution in [-0.2, 0) is 14.3 Å². The number of hydrogen-bond acceptors (Lipinski definition) is 7. The molecular weight excluding hydrogens is 302 g/mol. The largest absolute Gasteiger partial charge is 0.466 e. The summed E-state index contributed by atoms with van der Waals surface area (Å²) in [7, 11) is 0. The maximum absolute atomic E-state index is 12.3. The zero-order valence-corrected chi connectivity index (χ0v) is 13.5. The zero-order valence-electron chi connectivity index (χ0n) is 13.5. The van der Waals surface area contributed by atoms with Crippen molar-refractivity contribution < 1.29 is 19.1 Å². The maximum Gasteiger partial charge on any atom is 0.410 e. The van der Waals surface area contributed by atoms with Gasteiger partial charge >= 0.3 is 12.1 Å². The number of tetrazole rings is 1. The number of carbonyl (C=O) groups is 2. The fraction of sp³-hybridized carbons (Fsp3) is 0.786. The Balaban J connectivity index is 2.06. The number of rotatable bonds is 6. The van der Waals surface area contributed by atoms with Gasteiger partial charge in [0.05, 0.1) is 25.2 Å². The van der Waals surface area contributed by atoms with Crippen LogP contribution in [-0.4, -0.2) is 57.3 Å². The predicted octanol–water partition coefficient (Wildman–Crippen LogP) is 1.45. The fourth-order valence-electron chi connectivity index (χ4n) is 2.60. The van der Waals surface area contributed by atoms with Gasteiger partial charge < -0.3 is 9.47 Å². The highest BCUT2D eigenvalue weighted by molar-refractivity contribution is 5.74. The quantitative estimate of drug-likeness (QED) is 0.622. The van der Waals surface area contributed by atoms with Crippen molar-refractivity contribution in [2.45, 2.75) is 45.6 Å². The summed E-state index contributed by atoms with van der Waals surface area (Å²) >= 11 is 0. The van der Waals surface area contributed by atoms with Crippen LogP contribution in [0.5, 0.6) is 0 Å². The van der Waals surface area contributed by atoms with Gasteiger partial charge in [0.1, 0.15) is 0 Å². The Hall–Kier alpha value is -2.19. The number of aromatic amines is 1. The second kappa shape index (κ2) is 8.44. The molecule has 0 aromatic carbocycles. The third kappa shape index (κ3) is 4.40. The molecule has 128 valence electrons. The molecule has 1 amide bonds. The Morgan fingerprint density at radius 2 is 2.17 bits per heavy atom. The Morgan fingerprint density at radius 1 is 1.35 bits per heavy atom. The molecule has 1 aromatic heterocycles. The Kier molecular flexibility index (Phi) is 6.30. The predicted molar refractivity (Wildman–Crippen MR) is 79.2 cm³/mol. The SMILES string of the molecule is CCCCOC(=O)N1CCC(C(=O)OCC)CC1c1nn[nH]n1. The van der Waals surface area contributed by atoms with Crippen molar-refractivity contribution >= 4 is 12.1 Å². The number of hydrogen-bond donors (Lipinski definition) is 1. The van der Waals surface area contributed by atoms with Crippen LogP contribution >= 0.6 is 0 Å². The second-order valence-corrected chi connectivity index (χ2v) is 5.42. The first-order chi connectivity index (χ1) is 11.2. The van der Waals surface area contributed by atoms with Gasteiger partial charge in [-0.3, -0.25) is 9.69 Å². The molecule has 2 atom stereocenters. The lowest BCUT2D eigenvalue weighted by Gasteiger charge is -2.36. The lowest BCUT2D eigenvalue weighted by atomic mass is 9.90. The summed E-state index contributed by atoms with van der Waals surface area (Å²) in [5.74, 6) is -0.149. The molecule has 1 aromatic rings. The number of unbranched alkanes of at least 4 members (excludes halogenated alkanes) is 1. The molecule has 2 unspecified atom stereocenters. The van der Waals surface area contributed by atoms with Gasteiger partial charge in [-0.25, -0.2) is 4.79 Å². The molecule has 0 spiro atoms. The Labute approximate surface area is 134 Å². The van der Waals surface area contributed by atoms with Gasteiger partial charge in [0.15, 0.2) is 5.82 Å². The van der Waals surface area contributed by atoms with E-state index in [-0.39, 0.29) is 11.9 Å². The molecule has 0 radical (unpaired) electrons. The summed E-state index contributed by atoms with van der Waals surface area (Å²) in [4.78, 5) is 25.8. The first-order valence-electron chi connectivity index (χ1n) is 8.00. The highest BCUT2D eigenvalue weighted by Gasteiger charge is 2.39. The molecule has 23 heavy (non-hydrogen) atoms. The third-order valence-corrected chi connectivity index (χ3v) is 3.84. The highest BCUT2D eigenvalue weighted by atomic mass is 16.6. The molecule has 9 nitrogen and oxygen atoms in total. The fourth-order valence-corrected chi connectivity index (χ4v) is 2.60. The van der Waals surface area contributed by atoms with Crippen LogP contribution in [0.3, 0.4) is 0 Å². The normalized spacial score (nSPS) is 21.0. The van der Waals surface area contributed by atoms with Crippen LogP contribution < -0.4 is 0 Å². The molecular formula is C14H23N5O4. The number of nitrogens with zero attached hydrogens (tertiary/aromatic N) is 4. The molecule has 0 aliphatic carbocycles. The van der Waals surface area contributed by atoms with Crippen molar-refractivity contribution in [1.82, 2.24) is 25.5 Å². The monoisotopic (exact) mass is 325 g/mol. The van der Waals surface area contributed by atoms with Gasteiger partial charge in [-0.15, -0.1) is 10.2 Å². The van der Waals surface area contributed by atoms with E-state index in [1.54, 1.807) is 11.8 Å². The molecule has 9 heteroatoms. The van der Waals surface area contributed by atoms with E-state index in [0.29, 0.717) is 38.4 Å². The molecule has 1 aliphatic rings. The first kappa shape index (κ1) is 17.2. The van der Waals surface area contributed by atoms with Crippen molar-refractivity contribution in [3.05, 3.63) is 5.82 Å². The van der Waals surface area contributed by atoms with E-state index in [2.05, 4.69) is 20.6 Å². The van der Waals surface area contributed by atoms with Gasteiger partial charge in [0.25, 0.3) is 0 Å². The third-order valence-electron chi connectivity index (χ3n) is 3.84. The number of ether oxygens (including phenoxy) is 2. The summed E-state index contributed by atoms with van der Waals surface area (Å²) in [5, 5.41) is 13.8. The Morgan fingerprint density at radius 3 is 2.83 bits per heavy atom. The summed E-state index contributed by atoms with van der Waals surface area (Å²) in [5.41, 5.74) is 0. The number of nitrogens with one attached hydrogen (secondary N) is 1. The van der Waals surface area contributed by atoms with E-state index in [0.717, 1.165) is 12.8 Å². The molecule has 2 rings (SSSR count). The first-order valence-corrected chi connectivity index (χ1v) is 8.00. The highest BCUT2D eigenvalue weighted by Crippen LogP contribution is 2.33. The average molecular weight is 325 g/mol. The van der Waals surface area contributed by atoms with E-state index in [4.69, 9.17) is 9.47 Å². The van der Waals surface area contributed by atoms with E-state index in [1.807, 2.05) is 6.92 Å². The number of amides is 1. The van der Waals surface area contributed by atoms with Gasteiger partial charge in [-0.1, -0.05) is 18.6 Å². The summed E-state index contributed by atoms with van der Waals surface area (Å²) in [6.07, 6.45) is 2.30. The lowest BCUT2D eigenvalue weighted by molar-refractivity contribution is -0.150. The van der Waals surface area contributed by atoms with Crippen LogP contribution in [0.1, 0.15) is 51.4 Å². The average Bonchev–Trinajstić information content (AvgIpc) is 3.09. The van der Waals surface area contributed by atoms with E-state index in [9.17, 15) is 9.59 Å². The topological polar surface area (TPSA) is 110 Å². The molecule has 1 fully saturated rings. The van der Waals surface area contributed by atoms with Crippen molar-refractivity contribution in [1.29, 1.82) is 0 Å². The van der Waals surface area contributed by atoms with E-state index >= 15 is 0 Å². The second-order valence-electron chi connectivity index (χ2n) is 5.42. The van der Waals surface area contributed by atoms with Crippen molar-refractivity contribution in [2.24, 2.45) is 5.92 Å². The molecule has 1 N–H and O–H groups in total. The lowest BCUT2D eigenvalue weighted by Crippen LogP contribution is -2.43. The minimum atomic E-state index is -0.439. The molecule has 1 saturated heterocycles. The summed E-state index contributed by atoms with van der Waals surface area (Å²) < 4.78 is 10.4. The van der Waals surface area contributed by atoms with Crippen LogP contribution in [0.2, 0.25) is 0 Å². The zero-order chi connectivity index (χ0) is 16.7. The number of carbonyl (C=O) groups excluding carboxylic acids is 2. The Bertz CT molecular complexity index is 507. The molecule has 0 bridgehead atoms. The number of esters is 1. The number of aromatic nitrogens is 4. The van der Waals surface area contributed by atoms with E-state index < -0.39 is 12.1 Å². The van der Waals surface area contributed by atoms with Crippen molar-refractivity contribution in [2.75, 3.05) is 19.8 Å². The van der Waals surface area contributed by atoms with Crippen molar-refractivity contribution in [3.63, 3.8) is 0 Å². The molecule has 2 heterocycles. The number of piperidine rings is 1. The van der Waals surface area contributed by atoms with Crippen LogP contribution in [0.4, 0.5) is 4.79 Å². The van der Waals surface area contributed by atoms with Crippen LogP contribution in [0.15, 0.2) is 0 Å². The smallest absolute Gasteiger partial charge is 0.410 e. The van der Waals surface area contributed by atoms with E-state index in [1.165, 1.54) is 0 Å². The minimum absolute atomic E-state index is 0.250. The minimum Gasteiger partial charge on any atom is -0.466 e. The number of likely N-dealkylation sites (tertiary alicyclic amines) is 1. The maximum atomic E-state index is 12.3. The van der Waals surface area contributed by atoms with Crippen LogP contribution in [0.25, 0.3) is 0 Å². The van der Waals surface area contributed by atoms with Crippen molar-refractivity contribution in [3.8, 4) is 0 Å². The van der Waals surface area contributed by atoms with Gasteiger partial charge in [0.2, 0.25) is 0 Å². The standard InChI is InChI=1S/C14H23N5O4/c1-3-5-8-23-14(21)19-7-6-10(13(20)22-4-2)9-11(19)12-15-17-18-16-12/h10-11H,3-9H2,1-2H3,(H,15,16,17,18). The van der Waals surface area contributed by atoms with Gasteiger partial charge in [0, 0.05) is 6.54 Å². The number of H-pyrrole nitrogens is 1. The summed E-state index contributed by atoms with van der Waals surface area (Å²) in [6, 6.07) is -0.439.